The second kappa shape index (κ2) is 11.2. The summed E-state index contributed by atoms with van der Waals surface area (Å²) in [6.07, 6.45) is -4.62. The third kappa shape index (κ3) is 6.61. The van der Waals surface area contributed by atoms with Crippen LogP contribution in [0.2, 0.25) is 0 Å². The lowest BCUT2D eigenvalue weighted by atomic mass is 10.1. The number of rotatable bonds is 10. The van der Waals surface area contributed by atoms with Gasteiger partial charge in [0, 0.05) is 6.20 Å². The fourth-order valence-electron chi connectivity index (χ4n) is 3.22. The molecule has 1 aliphatic rings. The van der Waals surface area contributed by atoms with Gasteiger partial charge in [-0.3, -0.25) is 13.9 Å². The molecule has 0 unspecified atom stereocenters. The molecular formula is C21H27ClFN4O8P. The number of halogens is 2. The average molecular weight is 549 g/mol. The SMILES string of the molecule is CC(C)OC(=O)[C@H](C)N[P@](=O)(OC[C@H]1O[C@@H](n2ccc(N)nc2=O)[C@](F)(Cl)[C@@H]1O)Oc1ccccc1. The summed E-state index contributed by atoms with van der Waals surface area (Å²) >= 11 is 5.89. The summed E-state index contributed by atoms with van der Waals surface area (Å²) in [4.78, 5) is 27.9. The van der Waals surface area contributed by atoms with Crippen LogP contribution in [-0.4, -0.2) is 56.7 Å². The van der Waals surface area contributed by atoms with Crippen LogP contribution < -0.4 is 21.0 Å². The van der Waals surface area contributed by atoms with Gasteiger partial charge >= 0.3 is 19.4 Å². The quantitative estimate of drug-likeness (QED) is 0.226. The maximum atomic E-state index is 15.2. The van der Waals surface area contributed by atoms with Crippen molar-refractivity contribution in [2.75, 3.05) is 12.3 Å². The first-order chi connectivity index (χ1) is 16.8. The first-order valence-corrected chi connectivity index (χ1v) is 12.8. The molecule has 1 aliphatic heterocycles. The minimum atomic E-state index is -4.33. The van der Waals surface area contributed by atoms with Gasteiger partial charge in [-0.2, -0.15) is 10.1 Å². The highest BCUT2D eigenvalue weighted by Gasteiger charge is 2.58. The molecule has 2 heterocycles. The summed E-state index contributed by atoms with van der Waals surface area (Å²) in [6.45, 7) is 3.98. The predicted molar refractivity (Wildman–Crippen MR) is 127 cm³/mol. The number of nitrogens with two attached hydrogens (primary N) is 1. The van der Waals surface area contributed by atoms with Gasteiger partial charge in [0.25, 0.3) is 5.13 Å². The lowest BCUT2D eigenvalue weighted by Crippen LogP contribution is -2.41. The number of carbonyl (C=O) groups excluding carboxylic acids is 1. The van der Waals surface area contributed by atoms with Crippen molar-refractivity contribution in [3.8, 4) is 5.75 Å². The van der Waals surface area contributed by atoms with E-state index in [-0.39, 0.29) is 11.6 Å². The predicted octanol–water partition coefficient (Wildman–Crippen LogP) is 2.12. The van der Waals surface area contributed by atoms with E-state index in [2.05, 4.69) is 10.1 Å². The van der Waals surface area contributed by atoms with E-state index < -0.39 is 61.7 Å². The molecule has 2 aromatic rings. The van der Waals surface area contributed by atoms with Crippen LogP contribution in [-0.2, 0) is 23.4 Å². The van der Waals surface area contributed by atoms with Gasteiger partial charge in [-0.15, -0.1) is 0 Å². The molecule has 1 aromatic heterocycles. The Balaban J connectivity index is 1.79. The van der Waals surface area contributed by atoms with Crippen LogP contribution in [0, 0.1) is 0 Å². The van der Waals surface area contributed by atoms with Gasteiger partial charge in [-0.05, 0) is 39.0 Å². The number of esters is 1. The lowest BCUT2D eigenvalue weighted by molar-refractivity contribution is -0.149. The van der Waals surface area contributed by atoms with E-state index in [1.54, 1.807) is 32.0 Å². The molecule has 0 saturated carbocycles. The van der Waals surface area contributed by atoms with E-state index in [0.717, 1.165) is 10.8 Å². The van der Waals surface area contributed by atoms with E-state index >= 15 is 4.39 Å². The number of aromatic nitrogens is 2. The number of benzene rings is 1. The molecule has 15 heteroatoms. The summed E-state index contributed by atoms with van der Waals surface area (Å²) in [5.74, 6) is -0.689. The summed E-state index contributed by atoms with van der Waals surface area (Å²) in [7, 11) is -4.33. The highest BCUT2D eigenvalue weighted by Crippen LogP contribution is 2.48. The number of para-hydroxylation sites is 1. The van der Waals surface area contributed by atoms with E-state index in [0.29, 0.717) is 0 Å². The minimum Gasteiger partial charge on any atom is -0.462 e. The lowest BCUT2D eigenvalue weighted by Gasteiger charge is -2.25. The smallest absolute Gasteiger partial charge is 0.459 e. The number of alkyl halides is 2. The third-order valence-electron chi connectivity index (χ3n) is 4.92. The van der Waals surface area contributed by atoms with Crippen LogP contribution in [0.3, 0.4) is 0 Å². The Kier molecular flexibility index (Phi) is 8.75. The molecule has 0 aliphatic carbocycles. The molecule has 1 saturated heterocycles. The Morgan fingerprint density at radius 2 is 2.03 bits per heavy atom. The fourth-order valence-corrected chi connectivity index (χ4v) is 5.02. The van der Waals surface area contributed by atoms with Gasteiger partial charge in [0.1, 0.15) is 29.8 Å². The van der Waals surface area contributed by atoms with Gasteiger partial charge < -0.3 is 24.8 Å². The Morgan fingerprint density at radius 3 is 2.64 bits per heavy atom. The minimum absolute atomic E-state index is 0.108. The van der Waals surface area contributed by atoms with Crippen molar-refractivity contribution in [3.05, 3.63) is 53.1 Å². The van der Waals surface area contributed by atoms with E-state index in [1.807, 2.05) is 0 Å². The van der Waals surface area contributed by atoms with E-state index in [9.17, 15) is 19.3 Å². The molecule has 0 amide bonds. The maximum Gasteiger partial charge on any atom is 0.459 e. The fraction of sp³-hybridized carbons (Fsp3) is 0.476. The summed E-state index contributed by atoms with van der Waals surface area (Å²) in [5, 5.41) is 9.94. The van der Waals surface area contributed by atoms with Crippen molar-refractivity contribution in [3.63, 3.8) is 0 Å². The molecule has 0 radical (unpaired) electrons. The molecule has 198 valence electrons. The average Bonchev–Trinajstić information content (AvgIpc) is 3.01. The van der Waals surface area contributed by atoms with Crippen molar-refractivity contribution >= 4 is 31.1 Å². The molecule has 0 spiro atoms. The van der Waals surface area contributed by atoms with Crippen LogP contribution in [0.15, 0.2) is 47.4 Å². The molecule has 12 nitrogen and oxygen atoms in total. The van der Waals surface area contributed by atoms with Gasteiger partial charge in [-0.1, -0.05) is 29.8 Å². The zero-order valence-electron chi connectivity index (χ0n) is 19.6. The standard InChI is InChI=1S/C21H27ClFN4O8P/c1-12(2)33-18(29)13(3)26-36(31,35-14-7-5-4-6-8-14)32-11-15-17(28)21(22,23)19(34-15)27-10-9-16(24)25-20(27)30/h4-10,12-13,15,17,19,28H,11H2,1-3H3,(H,26,31)(H2,24,25,30)/t13-,15+,17+,19+,21-,36-/m0/s1. The van der Waals surface area contributed by atoms with Crippen LogP contribution >= 0.6 is 19.3 Å². The van der Waals surface area contributed by atoms with Gasteiger partial charge in [0.05, 0.1) is 12.7 Å². The van der Waals surface area contributed by atoms with Crippen molar-refractivity contribution in [1.29, 1.82) is 0 Å². The number of nitrogens with one attached hydrogen (secondary N) is 1. The Bertz CT molecular complexity index is 1170. The Labute approximate surface area is 211 Å². The monoisotopic (exact) mass is 548 g/mol. The highest BCUT2D eigenvalue weighted by atomic mass is 35.5. The largest absolute Gasteiger partial charge is 0.462 e. The zero-order chi connectivity index (χ0) is 26.7. The topological polar surface area (TPSA) is 164 Å². The molecule has 1 aromatic carbocycles. The van der Waals surface area contributed by atoms with Crippen molar-refractivity contribution < 1.29 is 37.4 Å². The number of ether oxygens (including phenoxy) is 2. The molecular weight excluding hydrogens is 522 g/mol. The summed E-state index contributed by atoms with van der Waals surface area (Å²) < 4.78 is 51.0. The first kappa shape index (κ1) is 28.0. The number of carbonyl (C=O) groups is 1. The highest BCUT2D eigenvalue weighted by molar-refractivity contribution is 7.52. The van der Waals surface area contributed by atoms with Crippen LogP contribution in [0.25, 0.3) is 0 Å². The number of nitrogen functional groups attached to an aromatic ring is 1. The second-order valence-electron chi connectivity index (χ2n) is 8.22. The van der Waals surface area contributed by atoms with E-state index in [4.69, 9.17) is 35.9 Å². The van der Waals surface area contributed by atoms with Gasteiger partial charge in [-0.25, -0.2) is 13.8 Å². The molecule has 0 bridgehead atoms. The Morgan fingerprint density at radius 1 is 1.36 bits per heavy atom. The third-order valence-corrected chi connectivity index (χ3v) is 6.97. The Hall–Kier alpha value is -2.54. The molecule has 4 N–H and O–H groups in total. The molecule has 36 heavy (non-hydrogen) atoms. The van der Waals surface area contributed by atoms with E-state index in [1.165, 1.54) is 25.1 Å². The summed E-state index contributed by atoms with van der Waals surface area (Å²) in [5.41, 5.74) is 4.48. The zero-order valence-corrected chi connectivity index (χ0v) is 21.3. The number of nitrogens with zero attached hydrogens (tertiary/aromatic N) is 2. The molecule has 3 rings (SSSR count). The van der Waals surface area contributed by atoms with Crippen molar-refractivity contribution in [2.24, 2.45) is 0 Å². The van der Waals surface area contributed by atoms with Crippen molar-refractivity contribution in [1.82, 2.24) is 14.6 Å². The number of anilines is 1. The van der Waals surface area contributed by atoms with Crippen LogP contribution in [0.5, 0.6) is 5.75 Å². The van der Waals surface area contributed by atoms with Gasteiger partial charge in [0.2, 0.25) is 0 Å². The number of aliphatic hydroxyl groups excluding tert-OH is 1. The number of hydrogen-bond acceptors (Lipinski definition) is 10. The molecule has 1 fully saturated rings. The van der Waals surface area contributed by atoms with Crippen LogP contribution in [0.4, 0.5) is 10.2 Å². The number of hydrogen-bond donors (Lipinski definition) is 3. The summed E-state index contributed by atoms with van der Waals surface area (Å²) in [6, 6.07) is 8.03. The second-order valence-corrected chi connectivity index (χ2v) is 10.5. The van der Waals surface area contributed by atoms with Crippen molar-refractivity contribution in [2.45, 2.75) is 56.5 Å². The van der Waals surface area contributed by atoms with Gasteiger partial charge in [0.15, 0.2) is 6.23 Å². The van der Waals surface area contributed by atoms with Crippen LogP contribution in [0.1, 0.15) is 27.0 Å². The number of aliphatic hydroxyl groups is 1. The maximum absolute atomic E-state index is 15.2. The normalized spacial score (nSPS) is 26.4. The first-order valence-electron chi connectivity index (χ1n) is 10.9. The molecule has 6 atom stereocenters.